The highest BCUT2D eigenvalue weighted by atomic mass is 35.5. The van der Waals surface area contributed by atoms with E-state index in [1.165, 1.54) is 31.2 Å². The van der Waals surface area contributed by atoms with Gasteiger partial charge in [-0.2, -0.15) is 0 Å². The molecule has 1 aromatic carbocycles. The van der Waals surface area contributed by atoms with E-state index in [9.17, 15) is 9.59 Å². The fraction of sp³-hybridized carbons (Fsp3) is 0.615. The number of hydrogen-bond acceptors (Lipinski definition) is 2. The summed E-state index contributed by atoms with van der Waals surface area (Å²) in [5.41, 5.74) is 2.92. The molecule has 1 amide bonds. The molecule has 1 aliphatic rings. The number of amides is 1. The van der Waals surface area contributed by atoms with Gasteiger partial charge in [-0.15, -0.1) is 0 Å². The van der Waals surface area contributed by atoms with Crippen LogP contribution in [0.25, 0.3) is 0 Å². The lowest BCUT2D eigenvalue weighted by Gasteiger charge is -2.41. The second-order valence-corrected chi connectivity index (χ2v) is 9.84. The van der Waals surface area contributed by atoms with E-state index in [4.69, 9.17) is 16.7 Å². The average molecular weight is 448 g/mol. The third-order valence-electron chi connectivity index (χ3n) is 6.54. The highest BCUT2D eigenvalue weighted by molar-refractivity contribution is 6.31. The van der Waals surface area contributed by atoms with Crippen LogP contribution in [0.3, 0.4) is 0 Å². The monoisotopic (exact) mass is 447 g/mol. The normalized spacial score (nSPS) is 19.3. The molecule has 0 aromatic heterocycles. The molecule has 5 heteroatoms. The number of benzene rings is 1. The first-order chi connectivity index (χ1) is 14.6. The summed E-state index contributed by atoms with van der Waals surface area (Å²) in [6, 6.07) is 6.31. The van der Waals surface area contributed by atoms with E-state index in [0.29, 0.717) is 12.3 Å². The molecule has 0 saturated heterocycles. The molecule has 4 nitrogen and oxygen atoms in total. The van der Waals surface area contributed by atoms with Crippen LogP contribution in [0.15, 0.2) is 30.0 Å². The van der Waals surface area contributed by atoms with Crippen LogP contribution in [0.1, 0.15) is 84.3 Å². The number of carboxylic acids is 1. The minimum atomic E-state index is -0.896. The number of allylic oxidation sites excluding steroid dienone is 1. The van der Waals surface area contributed by atoms with E-state index in [2.05, 4.69) is 46.8 Å². The highest BCUT2D eigenvalue weighted by Gasteiger charge is 2.40. The number of nitrogens with zero attached hydrogens (tertiary/aromatic N) is 1. The Morgan fingerprint density at radius 3 is 2.39 bits per heavy atom. The van der Waals surface area contributed by atoms with Crippen LogP contribution in [-0.2, 0) is 21.4 Å². The van der Waals surface area contributed by atoms with E-state index in [0.717, 1.165) is 22.6 Å². The fourth-order valence-electron chi connectivity index (χ4n) is 4.88. The predicted molar refractivity (Wildman–Crippen MR) is 127 cm³/mol. The standard InChI is InChI=1S/C26H38ClNO3/c1-6-8-19(9-7-2)14-20-10-11-21(15-23(20)27)26(5)16-24(29)28(13-12-25(30)31)17-22(26)18(3)4/h10-11,15,17-19H,6-9,12-14,16H2,1-5H3,(H,30,31)/t26-/m0/s1. The molecule has 31 heavy (non-hydrogen) atoms. The molecule has 2 rings (SSSR count). The third-order valence-corrected chi connectivity index (χ3v) is 6.89. The first-order valence-electron chi connectivity index (χ1n) is 11.6. The van der Waals surface area contributed by atoms with E-state index in [-0.39, 0.29) is 24.8 Å². The lowest BCUT2D eigenvalue weighted by molar-refractivity contribution is -0.138. The van der Waals surface area contributed by atoms with E-state index in [1.807, 2.05) is 12.3 Å². The Morgan fingerprint density at radius 2 is 1.87 bits per heavy atom. The molecule has 1 aliphatic heterocycles. The van der Waals surface area contributed by atoms with Crippen molar-refractivity contribution in [3.63, 3.8) is 0 Å². The van der Waals surface area contributed by atoms with Gasteiger partial charge in [0, 0.05) is 29.6 Å². The van der Waals surface area contributed by atoms with Crippen LogP contribution >= 0.6 is 11.6 Å². The summed E-state index contributed by atoms with van der Waals surface area (Å²) >= 11 is 6.75. The smallest absolute Gasteiger partial charge is 0.305 e. The van der Waals surface area contributed by atoms with Crippen LogP contribution in [0.4, 0.5) is 0 Å². The maximum absolute atomic E-state index is 12.9. The zero-order chi connectivity index (χ0) is 23.2. The third kappa shape index (κ3) is 6.35. The predicted octanol–water partition coefficient (Wildman–Crippen LogP) is 6.60. The van der Waals surface area contributed by atoms with Crippen LogP contribution in [-0.4, -0.2) is 28.4 Å². The number of carbonyl (C=O) groups excluding carboxylic acids is 1. The van der Waals surface area contributed by atoms with Gasteiger partial charge >= 0.3 is 5.97 Å². The van der Waals surface area contributed by atoms with Crippen molar-refractivity contribution in [2.75, 3.05) is 6.54 Å². The molecule has 1 N–H and O–H groups in total. The van der Waals surface area contributed by atoms with Crippen molar-refractivity contribution in [1.29, 1.82) is 0 Å². The molecule has 0 saturated carbocycles. The number of halogens is 1. The second-order valence-electron chi connectivity index (χ2n) is 9.43. The Bertz CT molecular complexity index is 811. The summed E-state index contributed by atoms with van der Waals surface area (Å²) in [4.78, 5) is 25.4. The molecular formula is C26H38ClNO3. The summed E-state index contributed by atoms with van der Waals surface area (Å²) in [6.45, 7) is 11.0. The van der Waals surface area contributed by atoms with E-state index < -0.39 is 11.4 Å². The highest BCUT2D eigenvalue weighted by Crippen LogP contribution is 2.43. The molecule has 0 fully saturated rings. The quantitative estimate of drug-likeness (QED) is 0.415. The van der Waals surface area contributed by atoms with Crippen molar-refractivity contribution in [3.05, 3.63) is 46.1 Å². The van der Waals surface area contributed by atoms with Gasteiger partial charge < -0.3 is 10.0 Å². The largest absolute Gasteiger partial charge is 0.481 e. The van der Waals surface area contributed by atoms with Gasteiger partial charge in [0.1, 0.15) is 0 Å². The molecule has 0 radical (unpaired) electrons. The molecule has 1 heterocycles. The first kappa shape index (κ1) is 25.5. The van der Waals surface area contributed by atoms with Gasteiger partial charge in [0.05, 0.1) is 6.42 Å². The Kier molecular flexibility index (Phi) is 9.17. The van der Waals surface area contributed by atoms with Gasteiger partial charge in [-0.05, 0) is 41.0 Å². The molecule has 0 bridgehead atoms. The van der Waals surface area contributed by atoms with Crippen molar-refractivity contribution in [2.24, 2.45) is 11.8 Å². The zero-order valence-corrected chi connectivity index (χ0v) is 20.5. The van der Waals surface area contributed by atoms with Gasteiger partial charge in [0.25, 0.3) is 0 Å². The fourth-order valence-corrected chi connectivity index (χ4v) is 5.14. The summed E-state index contributed by atoms with van der Waals surface area (Å²) in [7, 11) is 0. The Hall–Kier alpha value is -1.81. The summed E-state index contributed by atoms with van der Waals surface area (Å²) in [6.07, 6.45) is 7.92. The topological polar surface area (TPSA) is 57.6 Å². The lowest BCUT2D eigenvalue weighted by atomic mass is 9.68. The van der Waals surface area contributed by atoms with Crippen molar-refractivity contribution in [3.8, 4) is 0 Å². The molecule has 0 spiro atoms. The molecular weight excluding hydrogens is 410 g/mol. The van der Waals surface area contributed by atoms with Crippen LogP contribution in [0, 0.1) is 11.8 Å². The van der Waals surface area contributed by atoms with Crippen molar-refractivity contribution >= 4 is 23.5 Å². The lowest BCUT2D eigenvalue weighted by Crippen LogP contribution is -2.42. The van der Waals surface area contributed by atoms with Crippen LogP contribution in [0.2, 0.25) is 5.02 Å². The molecule has 1 atom stereocenters. The van der Waals surface area contributed by atoms with Gasteiger partial charge in [-0.1, -0.05) is 84.0 Å². The number of aliphatic carboxylic acids is 1. The van der Waals surface area contributed by atoms with E-state index >= 15 is 0 Å². The van der Waals surface area contributed by atoms with Crippen molar-refractivity contribution in [2.45, 2.75) is 85.0 Å². The average Bonchev–Trinajstić information content (AvgIpc) is 2.68. The summed E-state index contributed by atoms with van der Waals surface area (Å²) in [5.74, 6) is -0.0618. The Balaban J connectivity index is 2.34. The van der Waals surface area contributed by atoms with Gasteiger partial charge in [-0.3, -0.25) is 9.59 Å². The molecule has 0 aliphatic carbocycles. The second kappa shape index (κ2) is 11.2. The number of hydrogen-bond donors (Lipinski definition) is 1. The maximum Gasteiger partial charge on any atom is 0.305 e. The molecule has 172 valence electrons. The first-order valence-corrected chi connectivity index (χ1v) is 12.0. The Morgan fingerprint density at radius 1 is 1.23 bits per heavy atom. The van der Waals surface area contributed by atoms with E-state index in [1.54, 1.807) is 4.90 Å². The van der Waals surface area contributed by atoms with Crippen molar-refractivity contribution in [1.82, 2.24) is 4.90 Å². The Labute approximate surface area is 192 Å². The molecule has 0 unspecified atom stereocenters. The minimum Gasteiger partial charge on any atom is -0.481 e. The molecule has 1 aromatic rings. The maximum atomic E-state index is 12.9. The van der Waals surface area contributed by atoms with Gasteiger partial charge in [0.15, 0.2) is 0 Å². The summed E-state index contributed by atoms with van der Waals surface area (Å²) in [5, 5.41) is 9.78. The van der Waals surface area contributed by atoms with Crippen molar-refractivity contribution < 1.29 is 14.7 Å². The summed E-state index contributed by atoms with van der Waals surface area (Å²) < 4.78 is 0. The number of carbonyl (C=O) groups is 2. The SMILES string of the molecule is CCCC(CCC)Cc1ccc([C@]2(C)CC(=O)N(CCC(=O)O)C=C2C(C)C)cc1Cl. The van der Waals surface area contributed by atoms with Gasteiger partial charge in [-0.25, -0.2) is 0 Å². The number of rotatable bonds is 11. The van der Waals surface area contributed by atoms with Gasteiger partial charge in [0.2, 0.25) is 5.91 Å². The zero-order valence-electron chi connectivity index (χ0n) is 19.7. The number of carboxylic acid groups (broad SMARTS) is 1. The van der Waals surface area contributed by atoms with Crippen LogP contribution < -0.4 is 0 Å². The van der Waals surface area contributed by atoms with Crippen LogP contribution in [0.5, 0.6) is 0 Å². The minimum absolute atomic E-state index is 0.0423.